The SMILES string of the molecule is Cc1cccc(C(=O)N2CCN([C@@H]3CCCN(C4CCOCC4)C3=O)CC2)c1. The molecule has 152 valence electrons. The standard InChI is InChI=1S/C22H31N3O3/c1-17-4-2-5-18(16-17)21(26)24-12-10-23(11-13-24)20-6-3-9-25(22(20)27)19-7-14-28-15-8-19/h2,4-5,16,19-20H,3,6-15H2,1H3/t20-/m1/s1. The van der Waals surface area contributed by atoms with E-state index in [1.54, 1.807) is 0 Å². The molecular weight excluding hydrogens is 354 g/mol. The van der Waals surface area contributed by atoms with Gasteiger partial charge in [0.2, 0.25) is 5.91 Å². The summed E-state index contributed by atoms with van der Waals surface area (Å²) in [5.41, 5.74) is 1.86. The Morgan fingerprint density at radius 3 is 2.50 bits per heavy atom. The topological polar surface area (TPSA) is 53.1 Å². The number of aryl methyl sites for hydroxylation is 1. The van der Waals surface area contributed by atoms with Crippen LogP contribution in [0, 0.1) is 6.92 Å². The number of benzene rings is 1. The van der Waals surface area contributed by atoms with E-state index in [1.165, 1.54) is 0 Å². The van der Waals surface area contributed by atoms with Gasteiger partial charge in [0.15, 0.2) is 0 Å². The van der Waals surface area contributed by atoms with E-state index in [-0.39, 0.29) is 17.9 Å². The highest BCUT2D eigenvalue weighted by atomic mass is 16.5. The van der Waals surface area contributed by atoms with Crippen LogP contribution in [0.5, 0.6) is 0 Å². The Balaban J connectivity index is 1.35. The van der Waals surface area contributed by atoms with Gasteiger partial charge in [-0.15, -0.1) is 0 Å². The number of carbonyl (C=O) groups excluding carboxylic acids is 2. The van der Waals surface area contributed by atoms with E-state index in [2.05, 4.69) is 9.80 Å². The zero-order chi connectivity index (χ0) is 19.5. The van der Waals surface area contributed by atoms with Crippen LogP contribution in [0.4, 0.5) is 0 Å². The maximum Gasteiger partial charge on any atom is 0.253 e. The summed E-state index contributed by atoms with van der Waals surface area (Å²) in [7, 11) is 0. The highest BCUT2D eigenvalue weighted by Gasteiger charge is 2.38. The molecule has 0 aromatic heterocycles. The first kappa shape index (κ1) is 19.4. The average molecular weight is 386 g/mol. The fourth-order valence-corrected chi connectivity index (χ4v) is 4.78. The number of hydrogen-bond donors (Lipinski definition) is 0. The maximum absolute atomic E-state index is 13.2. The second-order valence-electron chi connectivity index (χ2n) is 8.23. The molecule has 0 bridgehead atoms. The summed E-state index contributed by atoms with van der Waals surface area (Å²) in [6, 6.07) is 8.10. The van der Waals surface area contributed by atoms with Gasteiger partial charge in [-0.05, 0) is 44.7 Å². The molecular formula is C22H31N3O3. The smallest absolute Gasteiger partial charge is 0.253 e. The van der Waals surface area contributed by atoms with Crippen molar-refractivity contribution in [2.75, 3.05) is 45.9 Å². The lowest BCUT2D eigenvalue weighted by Gasteiger charge is -2.45. The number of ether oxygens (including phenoxy) is 1. The largest absolute Gasteiger partial charge is 0.381 e. The van der Waals surface area contributed by atoms with Crippen LogP contribution >= 0.6 is 0 Å². The molecule has 3 aliphatic heterocycles. The number of piperazine rings is 1. The molecule has 1 atom stereocenters. The number of nitrogens with zero attached hydrogens (tertiary/aromatic N) is 3. The molecule has 0 N–H and O–H groups in total. The Kier molecular flexibility index (Phi) is 5.97. The van der Waals surface area contributed by atoms with Crippen molar-refractivity contribution in [3.63, 3.8) is 0 Å². The van der Waals surface area contributed by atoms with Crippen molar-refractivity contribution in [3.8, 4) is 0 Å². The van der Waals surface area contributed by atoms with Gasteiger partial charge in [-0.25, -0.2) is 0 Å². The van der Waals surface area contributed by atoms with Crippen molar-refractivity contribution in [2.45, 2.75) is 44.7 Å². The second kappa shape index (κ2) is 8.62. The Morgan fingerprint density at radius 2 is 1.79 bits per heavy atom. The summed E-state index contributed by atoms with van der Waals surface area (Å²) in [6.45, 7) is 7.34. The summed E-state index contributed by atoms with van der Waals surface area (Å²) in [5.74, 6) is 0.388. The van der Waals surface area contributed by atoms with Crippen molar-refractivity contribution in [1.82, 2.24) is 14.7 Å². The lowest BCUT2D eigenvalue weighted by atomic mass is 9.97. The quantitative estimate of drug-likeness (QED) is 0.798. The third-order valence-corrected chi connectivity index (χ3v) is 6.38. The van der Waals surface area contributed by atoms with Crippen LogP contribution in [-0.2, 0) is 9.53 Å². The zero-order valence-electron chi connectivity index (χ0n) is 16.8. The zero-order valence-corrected chi connectivity index (χ0v) is 16.8. The van der Waals surface area contributed by atoms with E-state index in [4.69, 9.17) is 4.74 Å². The lowest BCUT2D eigenvalue weighted by Crippen LogP contribution is -2.60. The van der Waals surface area contributed by atoms with E-state index < -0.39 is 0 Å². The molecule has 4 rings (SSSR count). The Bertz CT molecular complexity index is 709. The van der Waals surface area contributed by atoms with Crippen LogP contribution in [0.2, 0.25) is 0 Å². The monoisotopic (exact) mass is 385 g/mol. The average Bonchev–Trinajstić information content (AvgIpc) is 2.74. The molecule has 1 aromatic rings. The van der Waals surface area contributed by atoms with Gasteiger partial charge >= 0.3 is 0 Å². The fourth-order valence-electron chi connectivity index (χ4n) is 4.78. The van der Waals surface area contributed by atoms with Gasteiger partial charge in [0.1, 0.15) is 0 Å². The summed E-state index contributed by atoms with van der Waals surface area (Å²) in [6.07, 6.45) is 3.91. The molecule has 0 unspecified atom stereocenters. The number of likely N-dealkylation sites (tertiary alicyclic amines) is 1. The van der Waals surface area contributed by atoms with Gasteiger partial charge in [0.05, 0.1) is 6.04 Å². The minimum atomic E-state index is -0.0205. The van der Waals surface area contributed by atoms with Gasteiger partial charge in [-0.3, -0.25) is 14.5 Å². The predicted octanol–water partition coefficient (Wildman–Crippen LogP) is 1.92. The van der Waals surface area contributed by atoms with Crippen LogP contribution in [-0.4, -0.2) is 84.5 Å². The fraction of sp³-hybridized carbons (Fsp3) is 0.636. The van der Waals surface area contributed by atoms with Gasteiger partial charge in [0.25, 0.3) is 5.91 Å². The van der Waals surface area contributed by atoms with Gasteiger partial charge in [-0.2, -0.15) is 0 Å². The van der Waals surface area contributed by atoms with Gasteiger partial charge in [0, 0.05) is 57.5 Å². The first-order valence-electron chi connectivity index (χ1n) is 10.6. The highest BCUT2D eigenvalue weighted by molar-refractivity contribution is 5.94. The molecule has 2 amide bonds. The van der Waals surface area contributed by atoms with Crippen molar-refractivity contribution in [1.29, 1.82) is 0 Å². The third kappa shape index (κ3) is 4.08. The van der Waals surface area contributed by atoms with E-state index in [9.17, 15) is 9.59 Å². The van der Waals surface area contributed by atoms with Crippen molar-refractivity contribution in [2.24, 2.45) is 0 Å². The highest BCUT2D eigenvalue weighted by Crippen LogP contribution is 2.25. The predicted molar refractivity (Wildman–Crippen MR) is 107 cm³/mol. The Morgan fingerprint density at radius 1 is 1.04 bits per heavy atom. The first-order valence-corrected chi connectivity index (χ1v) is 10.6. The van der Waals surface area contributed by atoms with E-state index in [0.717, 1.165) is 69.7 Å². The minimum Gasteiger partial charge on any atom is -0.381 e. The Hall–Kier alpha value is -1.92. The summed E-state index contributed by atoms with van der Waals surface area (Å²) in [5, 5.41) is 0. The van der Waals surface area contributed by atoms with Crippen LogP contribution in [0.3, 0.4) is 0 Å². The summed E-state index contributed by atoms with van der Waals surface area (Å²) in [4.78, 5) is 32.3. The molecule has 0 saturated carbocycles. The molecule has 0 aliphatic carbocycles. The first-order chi connectivity index (χ1) is 13.6. The van der Waals surface area contributed by atoms with Crippen LogP contribution in [0.15, 0.2) is 24.3 Å². The van der Waals surface area contributed by atoms with Gasteiger partial charge < -0.3 is 14.5 Å². The number of rotatable bonds is 3. The Labute approximate surface area is 167 Å². The van der Waals surface area contributed by atoms with Crippen molar-refractivity contribution >= 4 is 11.8 Å². The normalized spacial score (nSPS) is 25.2. The molecule has 3 saturated heterocycles. The van der Waals surface area contributed by atoms with E-state index >= 15 is 0 Å². The second-order valence-corrected chi connectivity index (χ2v) is 8.23. The molecule has 3 heterocycles. The molecule has 1 aromatic carbocycles. The molecule has 3 fully saturated rings. The van der Waals surface area contributed by atoms with E-state index in [0.29, 0.717) is 19.1 Å². The molecule has 0 spiro atoms. The van der Waals surface area contributed by atoms with E-state index in [1.807, 2.05) is 36.1 Å². The number of hydrogen-bond acceptors (Lipinski definition) is 4. The maximum atomic E-state index is 13.2. The third-order valence-electron chi connectivity index (χ3n) is 6.38. The molecule has 0 radical (unpaired) electrons. The minimum absolute atomic E-state index is 0.0205. The number of carbonyl (C=O) groups is 2. The number of amides is 2. The summed E-state index contributed by atoms with van der Waals surface area (Å²) < 4.78 is 5.46. The molecule has 3 aliphatic rings. The molecule has 6 heteroatoms. The number of piperidine rings is 1. The van der Waals surface area contributed by atoms with Crippen LogP contribution < -0.4 is 0 Å². The molecule has 28 heavy (non-hydrogen) atoms. The van der Waals surface area contributed by atoms with Crippen LogP contribution in [0.1, 0.15) is 41.6 Å². The van der Waals surface area contributed by atoms with Gasteiger partial charge in [-0.1, -0.05) is 17.7 Å². The van der Waals surface area contributed by atoms with Crippen molar-refractivity contribution in [3.05, 3.63) is 35.4 Å². The summed E-state index contributed by atoms with van der Waals surface area (Å²) >= 11 is 0. The lowest BCUT2D eigenvalue weighted by molar-refractivity contribution is -0.145. The van der Waals surface area contributed by atoms with Crippen LogP contribution in [0.25, 0.3) is 0 Å². The molecule has 6 nitrogen and oxygen atoms in total. The van der Waals surface area contributed by atoms with Crippen molar-refractivity contribution < 1.29 is 14.3 Å².